The Hall–Kier alpha value is -0.280. The van der Waals surface area contributed by atoms with Crippen LogP contribution in [0.1, 0.15) is 40.0 Å². The van der Waals surface area contributed by atoms with E-state index in [1.807, 2.05) is 13.8 Å². The van der Waals surface area contributed by atoms with Crippen LogP contribution in [0, 0.1) is 5.41 Å². The Labute approximate surface area is 79.0 Å². The third-order valence-electron chi connectivity index (χ3n) is 2.07. The van der Waals surface area contributed by atoms with E-state index < -0.39 is 11.4 Å². The molecule has 1 unspecified atom stereocenters. The Bertz CT molecular complexity index is 130. The fourth-order valence-corrected chi connectivity index (χ4v) is 0.975. The summed E-state index contributed by atoms with van der Waals surface area (Å²) < 4.78 is 0. The van der Waals surface area contributed by atoms with E-state index in [0.717, 1.165) is 6.42 Å². The normalized spacial score (nSPS) is 14.1. The zero-order chi connectivity index (χ0) is 10.2. The molecule has 0 aliphatic rings. The lowest BCUT2D eigenvalue weighted by molar-refractivity contribution is -0.319. The Morgan fingerprint density at radius 2 is 1.92 bits per heavy atom. The standard InChI is InChI=1S/C8H16O2.ClH2N/c1-4-6-8(3,5-2)7(9)10;1-2/h4-6H2,1-3H3,(H,9,10);2H2/p-1. The Morgan fingerprint density at radius 3 is 2.00 bits per heavy atom. The lowest BCUT2D eigenvalue weighted by atomic mass is 9.83. The van der Waals surface area contributed by atoms with E-state index >= 15 is 0 Å². The lowest BCUT2D eigenvalue weighted by Crippen LogP contribution is -2.39. The Morgan fingerprint density at radius 1 is 1.50 bits per heavy atom. The summed E-state index contributed by atoms with van der Waals surface area (Å²) in [5.74, 6) is -0.920. The van der Waals surface area contributed by atoms with Gasteiger partial charge in [-0.1, -0.05) is 27.2 Å². The van der Waals surface area contributed by atoms with Gasteiger partial charge < -0.3 is 9.90 Å². The smallest absolute Gasteiger partial charge is 0.0473 e. The maximum absolute atomic E-state index is 10.5. The third kappa shape index (κ3) is 4.57. The van der Waals surface area contributed by atoms with Crippen LogP contribution in [0.4, 0.5) is 0 Å². The SMILES string of the molecule is CCCC(C)(CC)C(=O)[O-].NCl. The molecule has 1 atom stereocenters. The predicted octanol–water partition coefficient (Wildman–Crippen LogP) is 1.05. The molecule has 0 spiro atoms. The minimum Gasteiger partial charge on any atom is -0.550 e. The van der Waals surface area contributed by atoms with E-state index in [9.17, 15) is 9.90 Å². The minimum absolute atomic E-state index is 0.602. The van der Waals surface area contributed by atoms with Crippen molar-refractivity contribution in [3.8, 4) is 0 Å². The number of rotatable bonds is 4. The third-order valence-corrected chi connectivity index (χ3v) is 2.07. The number of halogens is 1. The van der Waals surface area contributed by atoms with Gasteiger partial charge in [-0.15, -0.1) is 0 Å². The van der Waals surface area contributed by atoms with Gasteiger partial charge in [0.15, 0.2) is 0 Å². The van der Waals surface area contributed by atoms with Crippen LogP contribution < -0.4 is 10.4 Å². The second-order valence-electron chi connectivity index (χ2n) is 2.95. The number of aliphatic carboxylic acids is 1. The van der Waals surface area contributed by atoms with Crippen LogP contribution in [0.3, 0.4) is 0 Å². The highest BCUT2D eigenvalue weighted by Gasteiger charge is 2.21. The van der Waals surface area contributed by atoms with Crippen molar-refractivity contribution >= 4 is 17.7 Å². The van der Waals surface area contributed by atoms with Crippen LogP contribution in [-0.2, 0) is 4.79 Å². The van der Waals surface area contributed by atoms with Crippen LogP contribution in [0.15, 0.2) is 0 Å². The molecule has 0 radical (unpaired) electrons. The molecule has 0 aliphatic carbocycles. The molecule has 0 aromatic carbocycles. The topological polar surface area (TPSA) is 66.1 Å². The van der Waals surface area contributed by atoms with Crippen molar-refractivity contribution in [1.82, 2.24) is 0 Å². The quantitative estimate of drug-likeness (QED) is 0.681. The van der Waals surface area contributed by atoms with Crippen LogP contribution in [0.2, 0.25) is 0 Å². The molecule has 0 saturated heterocycles. The molecule has 2 N–H and O–H groups in total. The van der Waals surface area contributed by atoms with Gasteiger partial charge in [-0.2, -0.15) is 0 Å². The molecular formula is C8H17ClNO2-. The molecule has 0 aromatic rings. The summed E-state index contributed by atoms with van der Waals surface area (Å²) in [6, 6.07) is 0. The summed E-state index contributed by atoms with van der Waals surface area (Å²) in [6.07, 6.45) is 2.27. The van der Waals surface area contributed by atoms with Crippen molar-refractivity contribution in [2.75, 3.05) is 0 Å². The summed E-state index contributed by atoms with van der Waals surface area (Å²) >= 11 is 4.14. The maximum Gasteiger partial charge on any atom is 0.0473 e. The lowest BCUT2D eigenvalue weighted by Gasteiger charge is -2.28. The molecule has 4 heteroatoms. The zero-order valence-corrected chi connectivity index (χ0v) is 8.65. The highest BCUT2D eigenvalue weighted by Crippen LogP contribution is 2.25. The first kappa shape index (κ1) is 14.3. The summed E-state index contributed by atoms with van der Waals surface area (Å²) in [5, 5.41) is 14.5. The van der Waals surface area contributed by atoms with Gasteiger partial charge in [-0.3, -0.25) is 0 Å². The largest absolute Gasteiger partial charge is 0.550 e. The fraction of sp³-hybridized carbons (Fsp3) is 0.875. The van der Waals surface area contributed by atoms with E-state index in [1.165, 1.54) is 0 Å². The first-order chi connectivity index (χ1) is 5.56. The van der Waals surface area contributed by atoms with Crippen LogP contribution >= 0.6 is 11.8 Å². The minimum atomic E-state index is -0.920. The molecule has 0 bridgehead atoms. The average Bonchev–Trinajstić information content (AvgIpc) is 2.08. The summed E-state index contributed by atoms with van der Waals surface area (Å²) in [4.78, 5) is 10.5. The maximum atomic E-state index is 10.5. The highest BCUT2D eigenvalue weighted by molar-refractivity contribution is 6.11. The number of hydrogen-bond acceptors (Lipinski definition) is 3. The van der Waals surface area contributed by atoms with E-state index in [-0.39, 0.29) is 0 Å². The van der Waals surface area contributed by atoms with Gasteiger partial charge in [0.25, 0.3) is 0 Å². The first-order valence-corrected chi connectivity index (χ1v) is 4.43. The predicted molar refractivity (Wildman–Crippen MR) is 48.4 cm³/mol. The molecule has 0 aliphatic heterocycles. The van der Waals surface area contributed by atoms with Gasteiger partial charge in [-0.05, 0) is 24.6 Å². The van der Waals surface area contributed by atoms with Gasteiger partial charge in [0.05, 0.1) is 0 Å². The van der Waals surface area contributed by atoms with Gasteiger partial charge >= 0.3 is 0 Å². The van der Waals surface area contributed by atoms with E-state index in [2.05, 4.69) is 17.0 Å². The fourth-order valence-electron chi connectivity index (χ4n) is 0.975. The molecule has 0 rings (SSSR count). The Kier molecular flexibility index (Phi) is 8.76. The van der Waals surface area contributed by atoms with Crippen LogP contribution in [0.25, 0.3) is 0 Å². The number of carboxylic acids is 1. The molecule has 74 valence electrons. The average molecular weight is 195 g/mol. The van der Waals surface area contributed by atoms with Crippen molar-refractivity contribution in [3.05, 3.63) is 0 Å². The monoisotopic (exact) mass is 194 g/mol. The van der Waals surface area contributed by atoms with E-state index in [4.69, 9.17) is 0 Å². The molecule has 0 amide bonds. The second-order valence-corrected chi connectivity index (χ2v) is 2.95. The van der Waals surface area contributed by atoms with Gasteiger partial charge in [0, 0.05) is 11.4 Å². The number of carbonyl (C=O) groups is 1. The van der Waals surface area contributed by atoms with Gasteiger partial charge in [-0.25, -0.2) is 5.25 Å². The first-order valence-electron chi connectivity index (χ1n) is 4.00. The zero-order valence-electron chi connectivity index (χ0n) is 7.89. The second kappa shape index (κ2) is 7.37. The van der Waals surface area contributed by atoms with Crippen LogP contribution in [-0.4, -0.2) is 5.97 Å². The number of nitrogens with two attached hydrogens (primary N) is 1. The number of hydrogen-bond donors (Lipinski definition) is 1. The molecular weight excluding hydrogens is 178 g/mol. The molecule has 3 nitrogen and oxygen atoms in total. The van der Waals surface area contributed by atoms with E-state index in [1.54, 1.807) is 6.92 Å². The molecule has 0 aromatic heterocycles. The van der Waals surface area contributed by atoms with E-state index in [0.29, 0.717) is 12.8 Å². The summed E-state index contributed by atoms with van der Waals surface area (Å²) in [6.45, 7) is 5.61. The number of carbonyl (C=O) groups excluding carboxylic acids is 1. The number of carboxylic acid groups (broad SMARTS) is 1. The van der Waals surface area contributed by atoms with Crippen molar-refractivity contribution in [2.45, 2.75) is 40.0 Å². The van der Waals surface area contributed by atoms with Crippen molar-refractivity contribution in [3.63, 3.8) is 0 Å². The van der Waals surface area contributed by atoms with Gasteiger partial charge in [0.2, 0.25) is 0 Å². The van der Waals surface area contributed by atoms with Gasteiger partial charge in [0.1, 0.15) is 0 Å². The molecule has 0 saturated carbocycles. The Balaban J connectivity index is 0. The molecule has 12 heavy (non-hydrogen) atoms. The highest BCUT2D eigenvalue weighted by atomic mass is 35.5. The van der Waals surface area contributed by atoms with Crippen molar-refractivity contribution < 1.29 is 9.90 Å². The molecule has 0 fully saturated rings. The van der Waals surface area contributed by atoms with Crippen molar-refractivity contribution in [1.29, 1.82) is 0 Å². The summed E-state index contributed by atoms with van der Waals surface area (Å²) in [7, 11) is 0. The molecule has 0 heterocycles. The summed E-state index contributed by atoms with van der Waals surface area (Å²) in [5.41, 5.74) is -0.602. The van der Waals surface area contributed by atoms with Crippen LogP contribution in [0.5, 0.6) is 0 Å². The van der Waals surface area contributed by atoms with Crippen molar-refractivity contribution in [2.24, 2.45) is 10.7 Å².